The van der Waals surface area contributed by atoms with Gasteiger partial charge in [-0.05, 0) is 30.3 Å². The van der Waals surface area contributed by atoms with Gasteiger partial charge in [0.15, 0.2) is 0 Å². The van der Waals surface area contributed by atoms with Gasteiger partial charge in [-0.2, -0.15) is 11.8 Å². The van der Waals surface area contributed by atoms with E-state index in [2.05, 4.69) is 16.7 Å². The zero-order chi connectivity index (χ0) is 9.80. The molecule has 78 valence electrons. The number of hydrogen-bond acceptors (Lipinski definition) is 4. The van der Waals surface area contributed by atoms with Crippen LogP contribution < -0.4 is 5.73 Å². The van der Waals surface area contributed by atoms with Crippen LogP contribution in [0.3, 0.4) is 0 Å². The Kier molecular flexibility index (Phi) is 3.84. The predicted molar refractivity (Wildman–Crippen MR) is 63.8 cm³/mol. The highest BCUT2D eigenvalue weighted by molar-refractivity contribution is 7.99. The van der Waals surface area contributed by atoms with Crippen LogP contribution in [0.1, 0.15) is 22.7 Å². The minimum atomic E-state index is 0.636. The number of nitrogens with two attached hydrogens (primary N) is 1. The summed E-state index contributed by atoms with van der Waals surface area (Å²) in [6.07, 6.45) is 5.85. The number of aromatic nitrogens is 1. The van der Waals surface area contributed by atoms with Gasteiger partial charge in [0.1, 0.15) is 0 Å². The summed E-state index contributed by atoms with van der Waals surface area (Å²) >= 11 is 3.87. The van der Waals surface area contributed by atoms with E-state index in [1.165, 1.54) is 34.2 Å². The van der Waals surface area contributed by atoms with Crippen molar-refractivity contribution in [2.75, 3.05) is 11.5 Å². The Morgan fingerprint density at radius 2 is 2.50 bits per heavy atom. The van der Waals surface area contributed by atoms with E-state index in [-0.39, 0.29) is 0 Å². The van der Waals surface area contributed by atoms with Gasteiger partial charge in [-0.25, -0.2) is 4.98 Å². The Morgan fingerprint density at radius 3 is 3.14 bits per heavy atom. The molecule has 2 rings (SSSR count). The number of thiazole rings is 1. The van der Waals surface area contributed by atoms with Crippen LogP contribution in [0.15, 0.2) is 6.20 Å². The quantitative estimate of drug-likeness (QED) is 0.862. The first-order valence-electron chi connectivity index (χ1n) is 5.10. The molecular formula is C10H16N2S2. The molecule has 1 fully saturated rings. The van der Waals surface area contributed by atoms with E-state index in [0.717, 1.165) is 12.3 Å². The first kappa shape index (κ1) is 10.5. The molecule has 4 heteroatoms. The highest BCUT2D eigenvalue weighted by atomic mass is 32.2. The molecule has 1 aromatic heterocycles. The zero-order valence-corrected chi connectivity index (χ0v) is 9.87. The topological polar surface area (TPSA) is 38.9 Å². The van der Waals surface area contributed by atoms with Crippen molar-refractivity contribution in [2.24, 2.45) is 11.7 Å². The summed E-state index contributed by atoms with van der Waals surface area (Å²) in [5.41, 5.74) is 5.56. The van der Waals surface area contributed by atoms with E-state index >= 15 is 0 Å². The normalized spacial score (nSPS) is 22.5. The zero-order valence-electron chi connectivity index (χ0n) is 8.24. The van der Waals surface area contributed by atoms with Gasteiger partial charge in [0.25, 0.3) is 0 Å². The Balaban J connectivity index is 1.89. The van der Waals surface area contributed by atoms with Gasteiger partial charge in [0.2, 0.25) is 0 Å². The van der Waals surface area contributed by atoms with E-state index in [4.69, 9.17) is 5.73 Å². The van der Waals surface area contributed by atoms with Crippen LogP contribution in [0.25, 0.3) is 0 Å². The highest BCUT2D eigenvalue weighted by Gasteiger charge is 2.15. The van der Waals surface area contributed by atoms with Crippen molar-refractivity contribution in [1.29, 1.82) is 0 Å². The van der Waals surface area contributed by atoms with Gasteiger partial charge in [-0.1, -0.05) is 0 Å². The standard InChI is InChI=1S/C10H16N2S2/c11-5-9-6-12-10(14-9)4-8-2-1-3-13-7-8/h6,8H,1-5,7,11H2. The molecule has 1 aromatic rings. The molecule has 0 radical (unpaired) electrons. The second-order valence-electron chi connectivity index (χ2n) is 3.71. The smallest absolute Gasteiger partial charge is 0.0931 e. The number of rotatable bonds is 3. The number of hydrogen-bond donors (Lipinski definition) is 1. The van der Waals surface area contributed by atoms with Crippen molar-refractivity contribution in [3.63, 3.8) is 0 Å². The fourth-order valence-electron chi connectivity index (χ4n) is 1.75. The third-order valence-electron chi connectivity index (χ3n) is 2.52. The van der Waals surface area contributed by atoms with Crippen LogP contribution in [-0.2, 0) is 13.0 Å². The molecule has 1 saturated heterocycles. The summed E-state index contributed by atoms with van der Waals surface area (Å²) in [5, 5.41) is 1.28. The molecule has 0 aliphatic carbocycles. The van der Waals surface area contributed by atoms with Crippen molar-refractivity contribution in [2.45, 2.75) is 25.8 Å². The Bertz CT molecular complexity index is 279. The molecule has 0 spiro atoms. The van der Waals surface area contributed by atoms with E-state index in [0.29, 0.717) is 6.54 Å². The molecule has 14 heavy (non-hydrogen) atoms. The molecular weight excluding hydrogens is 212 g/mol. The van der Waals surface area contributed by atoms with Gasteiger partial charge < -0.3 is 5.73 Å². The molecule has 0 aromatic carbocycles. The van der Waals surface area contributed by atoms with Gasteiger partial charge in [-0.3, -0.25) is 0 Å². The van der Waals surface area contributed by atoms with Gasteiger partial charge in [0, 0.05) is 24.0 Å². The molecule has 1 unspecified atom stereocenters. The summed E-state index contributed by atoms with van der Waals surface area (Å²) in [6, 6.07) is 0. The minimum absolute atomic E-state index is 0.636. The molecule has 2 N–H and O–H groups in total. The SMILES string of the molecule is NCc1cnc(CC2CCCSC2)s1. The Morgan fingerprint density at radius 1 is 1.57 bits per heavy atom. The first-order valence-corrected chi connectivity index (χ1v) is 7.07. The fourth-order valence-corrected chi connectivity index (χ4v) is 3.82. The van der Waals surface area contributed by atoms with E-state index in [9.17, 15) is 0 Å². The lowest BCUT2D eigenvalue weighted by Crippen LogP contribution is -2.12. The summed E-state index contributed by atoms with van der Waals surface area (Å²) in [6.45, 7) is 0.636. The molecule has 2 nitrogen and oxygen atoms in total. The van der Waals surface area contributed by atoms with Gasteiger partial charge in [0.05, 0.1) is 5.01 Å². The lowest BCUT2D eigenvalue weighted by Gasteiger charge is -2.19. The molecule has 1 atom stereocenters. The Hall–Kier alpha value is -0.0600. The van der Waals surface area contributed by atoms with Crippen LogP contribution >= 0.6 is 23.1 Å². The molecule has 0 bridgehead atoms. The predicted octanol–water partition coefficient (Wildman–Crippen LogP) is 2.29. The largest absolute Gasteiger partial charge is 0.326 e. The summed E-state index contributed by atoms with van der Waals surface area (Å²) < 4.78 is 0. The number of nitrogens with zero attached hydrogens (tertiary/aromatic N) is 1. The average Bonchev–Trinajstić information content (AvgIpc) is 2.67. The monoisotopic (exact) mass is 228 g/mol. The second kappa shape index (κ2) is 5.14. The summed E-state index contributed by atoms with van der Waals surface area (Å²) in [7, 11) is 0. The van der Waals surface area contributed by atoms with Crippen LogP contribution in [0.5, 0.6) is 0 Å². The maximum atomic E-state index is 5.56. The highest BCUT2D eigenvalue weighted by Crippen LogP contribution is 2.26. The van der Waals surface area contributed by atoms with E-state index in [1.807, 2.05) is 6.20 Å². The van der Waals surface area contributed by atoms with Gasteiger partial charge in [-0.15, -0.1) is 11.3 Å². The summed E-state index contributed by atoms with van der Waals surface area (Å²) in [4.78, 5) is 5.62. The van der Waals surface area contributed by atoms with Crippen molar-refractivity contribution in [1.82, 2.24) is 4.98 Å². The van der Waals surface area contributed by atoms with Crippen molar-refractivity contribution in [3.8, 4) is 0 Å². The Labute approximate surface area is 93.3 Å². The maximum Gasteiger partial charge on any atom is 0.0931 e. The van der Waals surface area contributed by atoms with E-state index < -0.39 is 0 Å². The average molecular weight is 228 g/mol. The van der Waals surface area contributed by atoms with Crippen molar-refractivity contribution < 1.29 is 0 Å². The maximum absolute atomic E-state index is 5.56. The summed E-state index contributed by atoms with van der Waals surface area (Å²) in [5.74, 6) is 3.52. The second-order valence-corrected chi connectivity index (χ2v) is 6.06. The van der Waals surface area contributed by atoms with Crippen molar-refractivity contribution in [3.05, 3.63) is 16.1 Å². The minimum Gasteiger partial charge on any atom is -0.326 e. The van der Waals surface area contributed by atoms with Crippen LogP contribution in [0, 0.1) is 5.92 Å². The van der Waals surface area contributed by atoms with Crippen LogP contribution in [-0.4, -0.2) is 16.5 Å². The lowest BCUT2D eigenvalue weighted by atomic mass is 10.0. The number of thioether (sulfide) groups is 1. The van der Waals surface area contributed by atoms with Crippen LogP contribution in [0.2, 0.25) is 0 Å². The molecule has 2 heterocycles. The van der Waals surface area contributed by atoms with Crippen LogP contribution in [0.4, 0.5) is 0 Å². The van der Waals surface area contributed by atoms with Gasteiger partial charge >= 0.3 is 0 Å². The van der Waals surface area contributed by atoms with Crippen molar-refractivity contribution >= 4 is 23.1 Å². The lowest BCUT2D eigenvalue weighted by molar-refractivity contribution is 0.520. The third-order valence-corrected chi connectivity index (χ3v) is 4.85. The first-order chi connectivity index (χ1) is 6.88. The fraction of sp³-hybridized carbons (Fsp3) is 0.700. The molecule has 1 aliphatic rings. The third kappa shape index (κ3) is 2.72. The molecule has 0 amide bonds. The van der Waals surface area contributed by atoms with E-state index in [1.54, 1.807) is 11.3 Å². The molecule has 0 saturated carbocycles. The molecule has 1 aliphatic heterocycles.